The molecule has 0 radical (unpaired) electrons. The minimum Gasteiger partial charge on any atom is -0.399 e. The van der Waals surface area contributed by atoms with Gasteiger partial charge in [-0.15, -0.1) is 0 Å². The number of sulfone groups is 1. The van der Waals surface area contributed by atoms with E-state index in [1.165, 1.54) is 0 Å². The predicted octanol–water partition coefficient (Wildman–Crippen LogP) is 1.76. The zero-order valence-corrected chi connectivity index (χ0v) is 20.0. The number of ether oxygens (including phenoxy) is 4. The molecule has 4 aliphatic heterocycles. The van der Waals surface area contributed by atoms with Gasteiger partial charge in [-0.2, -0.15) is 0 Å². The summed E-state index contributed by atoms with van der Waals surface area (Å²) in [6.45, 7) is 4.47. The predicted molar refractivity (Wildman–Crippen MR) is 126 cm³/mol. The van der Waals surface area contributed by atoms with Crippen molar-refractivity contribution in [2.24, 2.45) is 0 Å². The highest BCUT2D eigenvalue weighted by atomic mass is 32.2. The first-order chi connectivity index (χ1) is 16.3. The maximum absolute atomic E-state index is 14.5. The molecule has 4 heterocycles. The Balaban J connectivity index is 1.57. The summed E-state index contributed by atoms with van der Waals surface area (Å²) >= 11 is 0. The van der Waals surface area contributed by atoms with Gasteiger partial charge in [-0.25, -0.2) is 8.42 Å². The fourth-order valence-electron chi connectivity index (χ4n) is 4.86. The molecule has 4 aliphatic rings. The monoisotopic (exact) mass is 486 g/mol. The summed E-state index contributed by atoms with van der Waals surface area (Å²) in [6, 6.07) is 5.04. The number of nitrogen functional groups attached to an aromatic ring is 2. The van der Waals surface area contributed by atoms with Gasteiger partial charge in [0.2, 0.25) is 9.84 Å². The molecule has 8 nitrogen and oxygen atoms in total. The second kappa shape index (κ2) is 8.20. The molecule has 0 amide bonds. The molecular formula is C25H30N2O6S. The summed E-state index contributed by atoms with van der Waals surface area (Å²) in [5.74, 6) is 0. The van der Waals surface area contributed by atoms with Gasteiger partial charge in [0.15, 0.2) is 0 Å². The summed E-state index contributed by atoms with van der Waals surface area (Å²) in [5.41, 5.74) is 17.8. The standard InChI is InChI=1S/C25H30N2O6S/c1-13-20(6-17-10-31-17)25(22(8-19-12-33-19)21(24(13)27)7-18-11-32-18)34(28,29)23-3-2-15(26)4-14(23)5-16-9-30-16/h2-4,16-19H,5-12,26-27H2,1H3. The molecule has 4 fully saturated rings. The molecule has 2 aromatic carbocycles. The van der Waals surface area contributed by atoms with E-state index in [2.05, 4.69) is 0 Å². The molecular weight excluding hydrogens is 456 g/mol. The van der Waals surface area contributed by atoms with E-state index < -0.39 is 9.84 Å². The van der Waals surface area contributed by atoms with Crippen molar-refractivity contribution in [2.45, 2.75) is 66.8 Å². The van der Waals surface area contributed by atoms with Crippen LogP contribution in [0.1, 0.15) is 27.8 Å². The van der Waals surface area contributed by atoms with Crippen LogP contribution in [-0.4, -0.2) is 59.3 Å². The van der Waals surface area contributed by atoms with Gasteiger partial charge in [-0.3, -0.25) is 0 Å². The summed E-state index contributed by atoms with van der Waals surface area (Å²) in [7, 11) is -3.90. The summed E-state index contributed by atoms with van der Waals surface area (Å²) in [6.07, 6.45) is 2.26. The van der Waals surface area contributed by atoms with Crippen molar-refractivity contribution in [3.05, 3.63) is 46.0 Å². The van der Waals surface area contributed by atoms with Crippen LogP contribution < -0.4 is 11.5 Å². The van der Waals surface area contributed by atoms with Crippen molar-refractivity contribution in [1.29, 1.82) is 0 Å². The number of nitrogens with two attached hydrogens (primary N) is 2. The highest BCUT2D eigenvalue weighted by molar-refractivity contribution is 7.91. The van der Waals surface area contributed by atoms with Crippen LogP contribution in [0.25, 0.3) is 0 Å². The largest absolute Gasteiger partial charge is 0.399 e. The van der Waals surface area contributed by atoms with Crippen LogP contribution >= 0.6 is 0 Å². The van der Waals surface area contributed by atoms with Gasteiger partial charge in [0.1, 0.15) is 0 Å². The maximum Gasteiger partial charge on any atom is 0.207 e. The number of hydrogen-bond donors (Lipinski definition) is 2. The van der Waals surface area contributed by atoms with Crippen molar-refractivity contribution >= 4 is 21.2 Å². The molecule has 0 bridgehead atoms. The molecule has 4 atom stereocenters. The second-order valence-electron chi connectivity index (χ2n) is 9.81. The van der Waals surface area contributed by atoms with Crippen LogP contribution in [0, 0.1) is 6.92 Å². The Morgan fingerprint density at radius 3 is 1.85 bits per heavy atom. The lowest BCUT2D eigenvalue weighted by molar-refractivity contribution is 0.399. The van der Waals surface area contributed by atoms with E-state index in [-0.39, 0.29) is 29.3 Å². The summed E-state index contributed by atoms with van der Waals surface area (Å²) in [5, 5.41) is 0. The van der Waals surface area contributed by atoms with Crippen molar-refractivity contribution in [3.8, 4) is 0 Å². The van der Waals surface area contributed by atoms with E-state index in [1.54, 1.807) is 18.2 Å². The van der Waals surface area contributed by atoms with Gasteiger partial charge in [0, 0.05) is 37.1 Å². The third-order valence-electron chi connectivity index (χ3n) is 7.09. The molecule has 0 aliphatic carbocycles. The molecule has 4 unspecified atom stereocenters. The minimum absolute atomic E-state index is 0.00528. The molecule has 6 rings (SSSR count). The average Bonchev–Trinajstić information content (AvgIpc) is 3.58. The third kappa shape index (κ3) is 4.43. The lowest BCUT2D eigenvalue weighted by Gasteiger charge is -2.24. The zero-order chi connectivity index (χ0) is 23.6. The Hall–Kier alpha value is -2.17. The van der Waals surface area contributed by atoms with E-state index in [0.717, 1.165) is 22.3 Å². The van der Waals surface area contributed by atoms with Crippen LogP contribution in [0.4, 0.5) is 11.4 Å². The van der Waals surface area contributed by atoms with Gasteiger partial charge >= 0.3 is 0 Å². The van der Waals surface area contributed by atoms with Gasteiger partial charge in [0.25, 0.3) is 0 Å². The molecule has 0 saturated carbocycles. The molecule has 9 heteroatoms. The van der Waals surface area contributed by atoms with Gasteiger partial charge in [-0.1, -0.05) is 0 Å². The second-order valence-corrected chi connectivity index (χ2v) is 11.7. The topological polar surface area (TPSA) is 136 Å². The van der Waals surface area contributed by atoms with Crippen LogP contribution in [0.5, 0.6) is 0 Å². The Labute approximate surface area is 199 Å². The van der Waals surface area contributed by atoms with Crippen molar-refractivity contribution in [2.75, 3.05) is 37.9 Å². The Bertz CT molecular complexity index is 1240. The van der Waals surface area contributed by atoms with Crippen LogP contribution in [0.15, 0.2) is 28.0 Å². The molecule has 0 aromatic heterocycles. The van der Waals surface area contributed by atoms with Crippen molar-refractivity contribution in [3.63, 3.8) is 0 Å². The van der Waals surface area contributed by atoms with Crippen LogP contribution in [0.3, 0.4) is 0 Å². The molecule has 4 saturated heterocycles. The fraction of sp³-hybridized carbons (Fsp3) is 0.520. The number of epoxide rings is 4. The lowest BCUT2D eigenvalue weighted by atomic mass is 9.89. The van der Waals surface area contributed by atoms with E-state index in [4.69, 9.17) is 30.4 Å². The molecule has 4 N–H and O–H groups in total. The SMILES string of the molecule is Cc1c(N)c(CC2CO2)c(CC2CO2)c(S(=O)(=O)c2ccc(N)cc2CC2CO2)c1CC1CO1. The van der Waals surface area contributed by atoms with Crippen molar-refractivity contribution < 1.29 is 27.4 Å². The molecule has 0 spiro atoms. The number of hydrogen-bond acceptors (Lipinski definition) is 8. The fourth-order valence-corrected chi connectivity index (χ4v) is 6.91. The molecule has 2 aromatic rings. The highest BCUT2D eigenvalue weighted by Crippen LogP contribution is 2.42. The minimum atomic E-state index is -3.90. The first kappa shape index (κ1) is 22.3. The van der Waals surface area contributed by atoms with Gasteiger partial charge in [0.05, 0.1) is 60.6 Å². The van der Waals surface area contributed by atoms with Gasteiger partial charge in [-0.05, 0) is 52.9 Å². The summed E-state index contributed by atoms with van der Waals surface area (Å²) < 4.78 is 50.9. The Morgan fingerprint density at radius 2 is 1.29 bits per heavy atom. The highest BCUT2D eigenvalue weighted by Gasteiger charge is 2.39. The van der Waals surface area contributed by atoms with E-state index in [9.17, 15) is 8.42 Å². The van der Waals surface area contributed by atoms with Gasteiger partial charge < -0.3 is 30.4 Å². The average molecular weight is 487 g/mol. The van der Waals surface area contributed by atoms with E-state index in [1.807, 2.05) is 6.92 Å². The first-order valence-corrected chi connectivity index (χ1v) is 13.3. The van der Waals surface area contributed by atoms with E-state index in [0.29, 0.717) is 73.9 Å². The lowest BCUT2D eigenvalue weighted by Crippen LogP contribution is -2.20. The normalized spacial score (nSPS) is 27.0. The number of benzene rings is 2. The quantitative estimate of drug-likeness (QED) is 0.383. The van der Waals surface area contributed by atoms with E-state index >= 15 is 0 Å². The van der Waals surface area contributed by atoms with Crippen LogP contribution in [0.2, 0.25) is 0 Å². The number of anilines is 2. The third-order valence-corrected chi connectivity index (χ3v) is 9.10. The molecule has 182 valence electrons. The number of rotatable bonds is 10. The van der Waals surface area contributed by atoms with Crippen molar-refractivity contribution in [1.82, 2.24) is 0 Å². The zero-order valence-electron chi connectivity index (χ0n) is 19.2. The first-order valence-electron chi connectivity index (χ1n) is 11.8. The Morgan fingerprint density at radius 1 is 0.794 bits per heavy atom. The maximum atomic E-state index is 14.5. The molecule has 34 heavy (non-hydrogen) atoms. The van der Waals surface area contributed by atoms with Crippen LogP contribution in [-0.2, 0) is 54.5 Å². The smallest absolute Gasteiger partial charge is 0.207 e. The summed E-state index contributed by atoms with van der Waals surface area (Å²) in [4.78, 5) is 0.648. The Kier molecular flexibility index (Phi) is 5.38.